The first kappa shape index (κ1) is 100.0. The minimum Gasteiger partial charge on any atom is -0.452 e. The van der Waals surface area contributed by atoms with Crippen molar-refractivity contribution >= 4 is 112 Å². The van der Waals surface area contributed by atoms with E-state index in [4.69, 9.17) is 92.6 Å². The van der Waals surface area contributed by atoms with Crippen molar-refractivity contribution in [3.8, 4) is 11.1 Å². The number of nitrogens with one attached hydrogen (secondary N) is 16. The van der Waals surface area contributed by atoms with Crippen LogP contribution in [-0.4, -0.2) is 354 Å². The molecule has 23 rings (SSSR count). The Kier molecular flexibility index (Phi) is 24.2. The Morgan fingerprint density at radius 2 is 0.683 bits per heavy atom. The molecule has 3 aliphatic carbocycles. The standard InChI is InChI=1S/C23H26N6O4.C20H25ClN6O4.C18H22N8O4.C16H26N6O4.C15H24N6O4/c1-2-16-18-22(28-20(24)27-18)23(31,32)17(12-29(22)21(25)26-16)33-19(30)15-11-7-6-10-14(15)13-8-4-3-5-9-13;1-2-12-14-19(26-16(22)25-14)20(29,30)13(9-27(19)17(23)24-12)31-15(28)18(7-8-18)10-3-5-11(21)6-4-10;1-2-10-13-17(24-15(19)23-13)18(28,29)11(7-26(17)16(20)22-10)30-14(27)9-5-3-4-8-6-21-25-12(8)9;1-3-8-10-15(21-12(17)20-10)16(24,25)9(7-22(15)13(18)19-8)26-11(23)14(2)5-4-6-14;1-3-7-9-14(20-11(16)19-9)15(23,24)8(6-21(14)12(17)18-7)25-10(22)13(2)4-5-13/h3-11,16-18,31-32H,2,12H2,1H3,(H5,24,25,26,27,28);3-6,12-14,29-30H,2,7-9H2,1H3,(H5,22,23,24,25,26);3-6,10-11,13,28-29H,2,7H2,1H3,(H6,19,20,21,22,23,24,25,27);8-10,24-25H,3-7H2,1-2H3,(H5,17,18,19,20,21);7-9,23-24H,3-6H2,1-2H3,(H5,16,17,18,19,20)/p+10/t16-,17-,18-,22-;12-,13-,14-,19-;10-,11-,13-,17-;8-,9-,10-,15-;7-,8-,9-,14-/m00000/s1. The number of nitrogens with zero attached hydrogens (tertiary/aromatic N) is 6. The van der Waals surface area contributed by atoms with E-state index in [9.17, 15) is 75.0 Å². The molecule has 5 spiro atoms. The molecular formula is C92H133ClN32O20+10. The fourth-order valence-corrected chi connectivity index (χ4v) is 24.4. The minimum atomic E-state index is -2.50. The lowest BCUT2D eigenvalue weighted by Crippen LogP contribution is -2.91. The summed E-state index contributed by atoms with van der Waals surface area (Å²) < 4.78 is 36.0. The fraction of sp³-hybridized carbons (Fsp3) is 0.565. The van der Waals surface area contributed by atoms with Crippen molar-refractivity contribution in [2.24, 2.45) is 68.2 Å². The van der Waals surface area contributed by atoms with E-state index in [2.05, 4.69) is 88.3 Å². The molecule has 0 bridgehead atoms. The number of fused-ring (bicyclic) bond motifs is 1. The van der Waals surface area contributed by atoms with Crippen LogP contribution in [0.5, 0.6) is 0 Å². The van der Waals surface area contributed by atoms with E-state index in [1.807, 2.05) is 90.9 Å². The van der Waals surface area contributed by atoms with Crippen molar-refractivity contribution in [2.75, 3.05) is 32.7 Å². The third-order valence-corrected chi connectivity index (χ3v) is 33.1. The molecule has 145 heavy (non-hydrogen) atoms. The summed E-state index contributed by atoms with van der Waals surface area (Å²) in [6.45, 7) is 13.4. The summed E-state index contributed by atoms with van der Waals surface area (Å²) in [6, 6.07) is 25.0. The Balaban J connectivity index is 0.000000115. The summed E-state index contributed by atoms with van der Waals surface area (Å²) in [5, 5.41) is 151. The van der Waals surface area contributed by atoms with E-state index in [0.29, 0.717) is 66.6 Å². The van der Waals surface area contributed by atoms with Gasteiger partial charge in [0, 0.05) is 10.4 Å². The maximum Gasteiger partial charge on any atom is 0.347 e. The molecule has 5 aromatic rings. The highest BCUT2D eigenvalue weighted by molar-refractivity contribution is 6.30. The number of H-pyrrole nitrogens is 1. The lowest BCUT2D eigenvalue weighted by Gasteiger charge is -2.41. The molecule has 0 radical (unpaired) electrons. The Morgan fingerprint density at radius 1 is 0.379 bits per heavy atom. The van der Waals surface area contributed by atoms with E-state index in [-0.39, 0.29) is 128 Å². The maximum atomic E-state index is 13.3. The van der Waals surface area contributed by atoms with Crippen molar-refractivity contribution in [1.82, 2.24) is 63.4 Å². The zero-order valence-electron chi connectivity index (χ0n) is 80.9. The number of benzene rings is 4. The molecule has 53 heteroatoms. The van der Waals surface area contributed by atoms with Crippen LogP contribution in [0.25, 0.3) is 22.0 Å². The molecule has 0 amide bonds. The number of aromatic amines is 1. The Bertz CT molecular complexity index is 6440. The molecule has 3 saturated carbocycles. The number of aliphatic hydroxyl groups is 10. The average Bonchev–Trinajstić information content (AvgIpc) is 1.56. The molecule has 1 aromatic heterocycles. The lowest BCUT2D eigenvalue weighted by molar-refractivity contribution is -0.674. The van der Waals surface area contributed by atoms with Crippen LogP contribution in [0.3, 0.4) is 0 Å². The number of carbonyl (C=O) groups excluding carboxylic acids is 5. The molecule has 20 atom stereocenters. The highest BCUT2D eigenvalue weighted by Crippen LogP contribution is 2.53. The van der Waals surface area contributed by atoms with E-state index >= 15 is 0 Å². The van der Waals surface area contributed by atoms with Crippen molar-refractivity contribution in [3.63, 3.8) is 0 Å². The van der Waals surface area contributed by atoms with Gasteiger partial charge in [0.05, 0.1) is 39.1 Å². The molecule has 4 aromatic carbocycles. The molecule has 8 fully saturated rings. The van der Waals surface area contributed by atoms with Gasteiger partial charge in [0.2, 0.25) is 0 Å². The second-order valence-corrected chi connectivity index (χ2v) is 41.6. The smallest absolute Gasteiger partial charge is 0.347 e. The van der Waals surface area contributed by atoms with Crippen LogP contribution in [0.15, 0.2) is 103 Å². The van der Waals surface area contributed by atoms with Crippen LogP contribution in [0, 0.1) is 10.8 Å². The third-order valence-electron chi connectivity index (χ3n) is 32.8. The van der Waals surface area contributed by atoms with Gasteiger partial charge in [-0.3, -0.25) is 128 Å². The molecule has 778 valence electrons. The Labute approximate surface area is 834 Å². The average molecular weight is 2040 g/mol. The highest BCUT2D eigenvalue weighted by atomic mass is 35.5. The quantitative estimate of drug-likeness (QED) is 0.0178. The summed E-state index contributed by atoms with van der Waals surface area (Å²) in [4.78, 5) is 79.7. The van der Waals surface area contributed by atoms with Gasteiger partial charge >= 0.3 is 118 Å². The normalized spacial score (nSPS) is 34.4. The van der Waals surface area contributed by atoms with Crippen molar-refractivity contribution < 1.29 is 147 Å². The highest BCUT2D eigenvalue weighted by Gasteiger charge is 2.85. The van der Waals surface area contributed by atoms with Gasteiger partial charge in [0.1, 0.15) is 62.9 Å². The van der Waals surface area contributed by atoms with Crippen molar-refractivity contribution in [2.45, 2.75) is 279 Å². The van der Waals surface area contributed by atoms with Gasteiger partial charge in [-0.15, -0.1) is 0 Å². The number of halogens is 1. The lowest BCUT2D eigenvalue weighted by atomic mass is 9.70. The van der Waals surface area contributed by atoms with Crippen LogP contribution in [-0.2, 0) is 43.5 Å². The number of esters is 5. The fourth-order valence-electron chi connectivity index (χ4n) is 24.2. The third kappa shape index (κ3) is 14.9. The minimum absolute atomic E-state index is 0.0107. The van der Waals surface area contributed by atoms with Crippen LogP contribution < -0.4 is 135 Å². The van der Waals surface area contributed by atoms with Crippen LogP contribution in [0.4, 0.5) is 0 Å². The van der Waals surface area contributed by atoms with Crippen LogP contribution in [0.1, 0.15) is 152 Å². The molecule has 18 aliphatic rings. The van der Waals surface area contributed by atoms with Gasteiger partial charge in [-0.25, -0.2) is 59.1 Å². The number of hydrogen-bond donors (Lipinski definition) is 36. The number of guanidine groups is 10. The monoisotopic (exact) mass is 2040 g/mol. The predicted molar refractivity (Wildman–Crippen MR) is 510 cm³/mol. The molecule has 0 unspecified atom stereocenters. The number of hydrogen-bond acceptors (Lipinski definition) is 41. The number of aromatic nitrogens is 2. The van der Waals surface area contributed by atoms with Gasteiger partial charge in [-0.05, 0) is 125 Å². The summed E-state index contributed by atoms with van der Waals surface area (Å²) >= 11 is 5.97. The molecule has 52 nitrogen and oxygen atoms in total. The Morgan fingerprint density at radius 3 is 1.00 bits per heavy atom. The summed E-state index contributed by atoms with van der Waals surface area (Å²) in [6.07, 6.45) is 3.92. The summed E-state index contributed by atoms with van der Waals surface area (Å²) in [5.41, 5.74) is 55.1. The summed E-state index contributed by atoms with van der Waals surface area (Å²) in [7, 11) is 0. The van der Waals surface area contributed by atoms with Crippen molar-refractivity contribution in [1.29, 1.82) is 0 Å². The molecule has 16 heterocycles. The first-order valence-electron chi connectivity index (χ1n) is 48.9. The van der Waals surface area contributed by atoms with Crippen molar-refractivity contribution in [3.05, 3.63) is 125 Å². The Hall–Kier alpha value is -13.7. The predicted octanol–water partition coefficient (Wildman–Crippen LogP) is -19.6. The largest absolute Gasteiger partial charge is 0.452 e. The molecule has 15 aliphatic heterocycles. The SMILES string of the molecule is CC[C@@H]1NC(N)=[N+]2C[C@H](OC(=O)C3(C)CC3)C(O)(O)[C@@]23NC(N)=[NH+][C@@H]13.CC[C@@H]1NC(N)=[N+]2C[C@H](OC(=O)C3(C)CCC3)C(O)(O)[C@@]23NC(N)=[NH+][C@@H]13.CC[C@@H]1NC(N)=[N+]2C[C@H](OC(=O)C3(c4ccc(Cl)cc4)CC3)C(O)(O)[C@@]23NC(N)=[NH+][C@@H]13.CC[C@@H]1NC(N)=[N+]2C[C@H](OC(=O)c3cccc4cn[nH]c34)C(O)(O)[C@@]23NC(N)=[NH+][C@@H]13.CC[C@@H]1NC(N)=[N+]2C[C@H](OC(=O)c3ccccc3-c3ccccc3)C(O)(O)[C@@]23NC(N)=[NH+][C@@H]13. The van der Waals surface area contributed by atoms with Crippen LogP contribution in [0.2, 0.25) is 5.02 Å². The van der Waals surface area contributed by atoms with Gasteiger partial charge in [0.15, 0.2) is 60.7 Å². The van der Waals surface area contributed by atoms with E-state index in [1.54, 1.807) is 83.7 Å². The number of rotatable bonds is 17. The van der Waals surface area contributed by atoms with Gasteiger partial charge < -0.3 is 74.7 Å². The number of nitrogens with two attached hydrogens (primary N) is 10. The first-order chi connectivity index (χ1) is 68.5. The van der Waals surface area contributed by atoms with E-state index in [0.717, 1.165) is 48.6 Å². The first-order valence-corrected chi connectivity index (χ1v) is 49.2. The topological polar surface area (TPSA) is 828 Å². The number of ether oxygens (including phenoxy) is 5. The maximum absolute atomic E-state index is 13.3. The molecule has 46 N–H and O–H groups in total. The van der Waals surface area contributed by atoms with Gasteiger partial charge in [0.25, 0.3) is 28.9 Å². The zero-order chi connectivity index (χ0) is 104. The van der Waals surface area contributed by atoms with E-state index in [1.165, 1.54) is 0 Å². The number of para-hydroxylation sites is 1. The van der Waals surface area contributed by atoms with Gasteiger partial charge in [-0.1, -0.05) is 125 Å². The molecular weight excluding hydrogens is 1910 g/mol. The molecule has 5 saturated heterocycles. The van der Waals surface area contributed by atoms with Gasteiger partial charge in [-0.2, -0.15) is 5.10 Å². The zero-order valence-corrected chi connectivity index (χ0v) is 81.6. The second kappa shape index (κ2) is 35.0. The number of carbonyl (C=O) groups is 5. The van der Waals surface area contributed by atoms with E-state index < -0.39 is 164 Å². The second-order valence-electron chi connectivity index (χ2n) is 41.1. The summed E-state index contributed by atoms with van der Waals surface area (Å²) in [5.74, 6) is -12.6. The van der Waals surface area contributed by atoms with Crippen LogP contribution >= 0.6 is 11.6 Å².